The molecule has 0 N–H and O–H groups in total. The summed E-state index contributed by atoms with van der Waals surface area (Å²) in [6.45, 7) is 2.67. The Hall–Kier alpha value is -3.48. The van der Waals surface area contributed by atoms with Gasteiger partial charge in [-0.1, -0.05) is 13.0 Å². The topological polar surface area (TPSA) is 77.4 Å². The van der Waals surface area contributed by atoms with Crippen LogP contribution in [0, 0.1) is 0 Å². The number of hydrogen-bond acceptors (Lipinski definition) is 6. The minimum atomic E-state index is -0.0767. The second kappa shape index (κ2) is 8.49. The first-order chi connectivity index (χ1) is 14.7. The molecule has 0 radical (unpaired) electrons. The van der Waals surface area contributed by atoms with Crippen LogP contribution in [0.3, 0.4) is 0 Å². The highest BCUT2D eigenvalue weighted by Crippen LogP contribution is 2.34. The summed E-state index contributed by atoms with van der Waals surface area (Å²) in [5, 5.41) is 0. The zero-order valence-electron chi connectivity index (χ0n) is 17.3. The molecular weight excluding hydrogens is 380 g/mol. The van der Waals surface area contributed by atoms with Gasteiger partial charge >= 0.3 is 0 Å². The molecule has 154 valence electrons. The maximum Gasteiger partial charge on any atom is 0.254 e. The van der Waals surface area contributed by atoms with Crippen LogP contribution < -0.4 is 9.47 Å². The third-order valence-corrected chi connectivity index (χ3v) is 5.40. The Morgan fingerprint density at radius 1 is 1.13 bits per heavy atom. The molecule has 1 aromatic carbocycles. The van der Waals surface area contributed by atoms with Gasteiger partial charge in [-0.15, -0.1) is 0 Å². The quantitative estimate of drug-likeness (QED) is 0.645. The highest BCUT2D eigenvalue weighted by Gasteiger charge is 2.32. The van der Waals surface area contributed by atoms with Gasteiger partial charge in [0.2, 0.25) is 0 Å². The number of hydrogen-bond donors (Lipinski definition) is 0. The average Bonchev–Trinajstić information content (AvgIpc) is 2.82. The molecule has 2 aromatic heterocycles. The maximum atomic E-state index is 13.3. The second-order valence-electron chi connectivity index (χ2n) is 7.05. The molecule has 0 saturated heterocycles. The SMILES string of the molecule is CC[C@H]1c2cnc(-c3ccccn3)nc2CCN1C(=O)c1ccc(OC)c(OC)c1. The number of aromatic nitrogens is 3. The lowest BCUT2D eigenvalue weighted by Crippen LogP contribution is -2.40. The number of rotatable bonds is 5. The maximum absolute atomic E-state index is 13.3. The van der Waals surface area contributed by atoms with Crippen molar-refractivity contribution in [3.05, 3.63) is 65.6 Å². The number of carbonyl (C=O) groups excluding carboxylic acids is 1. The summed E-state index contributed by atoms with van der Waals surface area (Å²) in [6.07, 6.45) is 5.02. The molecule has 7 nitrogen and oxygen atoms in total. The zero-order chi connectivity index (χ0) is 21.1. The minimum absolute atomic E-state index is 0.0396. The van der Waals surface area contributed by atoms with E-state index in [2.05, 4.69) is 16.9 Å². The summed E-state index contributed by atoms with van der Waals surface area (Å²) >= 11 is 0. The highest BCUT2D eigenvalue weighted by molar-refractivity contribution is 5.95. The second-order valence-corrected chi connectivity index (χ2v) is 7.05. The fourth-order valence-corrected chi connectivity index (χ4v) is 3.89. The summed E-state index contributed by atoms with van der Waals surface area (Å²) in [4.78, 5) is 28.8. The summed E-state index contributed by atoms with van der Waals surface area (Å²) in [5.74, 6) is 1.71. The molecule has 3 aromatic rings. The van der Waals surface area contributed by atoms with Gasteiger partial charge in [0, 0.05) is 36.5 Å². The van der Waals surface area contributed by atoms with Gasteiger partial charge in [0.25, 0.3) is 5.91 Å². The molecule has 0 unspecified atom stereocenters. The third kappa shape index (κ3) is 3.58. The fourth-order valence-electron chi connectivity index (χ4n) is 3.89. The lowest BCUT2D eigenvalue weighted by atomic mass is 9.95. The largest absolute Gasteiger partial charge is 0.493 e. The number of amides is 1. The van der Waals surface area contributed by atoms with Crippen molar-refractivity contribution < 1.29 is 14.3 Å². The molecule has 30 heavy (non-hydrogen) atoms. The number of carbonyl (C=O) groups is 1. The van der Waals surface area contributed by atoms with E-state index < -0.39 is 0 Å². The van der Waals surface area contributed by atoms with Crippen molar-refractivity contribution in [1.29, 1.82) is 0 Å². The number of nitrogens with zero attached hydrogens (tertiary/aromatic N) is 4. The van der Waals surface area contributed by atoms with E-state index in [0.29, 0.717) is 35.9 Å². The van der Waals surface area contributed by atoms with Crippen LogP contribution in [0.5, 0.6) is 11.5 Å². The molecule has 0 aliphatic carbocycles. The van der Waals surface area contributed by atoms with Crippen molar-refractivity contribution in [2.75, 3.05) is 20.8 Å². The fraction of sp³-hybridized carbons (Fsp3) is 0.304. The van der Waals surface area contributed by atoms with Crippen LogP contribution in [0.25, 0.3) is 11.5 Å². The first kappa shape index (κ1) is 19.8. The van der Waals surface area contributed by atoms with Crippen molar-refractivity contribution >= 4 is 5.91 Å². The average molecular weight is 404 g/mol. The van der Waals surface area contributed by atoms with Gasteiger partial charge in [0.05, 0.1) is 26.0 Å². The predicted octanol–water partition coefficient (Wildman–Crippen LogP) is 3.71. The lowest BCUT2D eigenvalue weighted by molar-refractivity contribution is 0.0653. The molecule has 0 bridgehead atoms. The monoisotopic (exact) mass is 404 g/mol. The van der Waals surface area contributed by atoms with E-state index in [4.69, 9.17) is 14.5 Å². The van der Waals surface area contributed by atoms with Gasteiger partial charge in [-0.2, -0.15) is 0 Å². The first-order valence-electron chi connectivity index (χ1n) is 9.96. The Morgan fingerprint density at radius 2 is 1.97 bits per heavy atom. The van der Waals surface area contributed by atoms with Crippen LogP contribution in [-0.2, 0) is 6.42 Å². The minimum Gasteiger partial charge on any atom is -0.493 e. The molecular formula is C23H24N4O3. The number of methoxy groups -OCH3 is 2. The Bertz CT molecular complexity index is 1060. The summed E-state index contributed by atoms with van der Waals surface area (Å²) in [6, 6.07) is 10.9. The number of ether oxygens (including phenoxy) is 2. The van der Waals surface area contributed by atoms with Crippen molar-refractivity contribution in [3.8, 4) is 23.0 Å². The number of benzene rings is 1. The van der Waals surface area contributed by atoms with Gasteiger partial charge < -0.3 is 14.4 Å². The molecule has 0 fully saturated rings. The normalized spacial score (nSPS) is 15.4. The van der Waals surface area contributed by atoms with Crippen LogP contribution >= 0.6 is 0 Å². The van der Waals surface area contributed by atoms with Crippen molar-refractivity contribution in [1.82, 2.24) is 19.9 Å². The zero-order valence-corrected chi connectivity index (χ0v) is 17.3. The van der Waals surface area contributed by atoms with Crippen molar-refractivity contribution in [2.24, 2.45) is 0 Å². The van der Waals surface area contributed by atoms with Gasteiger partial charge in [-0.3, -0.25) is 9.78 Å². The summed E-state index contributed by atoms with van der Waals surface area (Å²) < 4.78 is 10.6. The Labute approximate surface area is 175 Å². The van der Waals surface area contributed by atoms with E-state index in [-0.39, 0.29) is 11.9 Å². The molecule has 0 saturated carbocycles. The van der Waals surface area contributed by atoms with Crippen LogP contribution in [0.15, 0.2) is 48.8 Å². The molecule has 3 heterocycles. The van der Waals surface area contributed by atoms with Crippen molar-refractivity contribution in [2.45, 2.75) is 25.8 Å². The predicted molar refractivity (Wildman–Crippen MR) is 113 cm³/mol. The van der Waals surface area contributed by atoms with E-state index in [1.165, 1.54) is 0 Å². The number of fused-ring (bicyclic) bond motifs is 1. The van der Waals surface area contributed by atoms with E-state index >= 15 is 0 Å². The van der Waals surface area contributed by atoms with Crippen LogP contribution in [0.2, 0.25) is 0 Å². The standard InChI is InChI=1S/C23H24N4O3/c1-4-19-16-14-25-22(18-7-5-6-11-24-18)26-17(16)10-12-27(19)23(28)15-8-9-20(29-2)21(13-15)30-3/h5-9,11,13-14,19H,4,10,12H2,1-3H3/t19-/m0/s1. The molecule has 1 aliphatic rings. The van der Waals surface area contributed by atoms with Crippen LogP contribution in [0.1, 0.15) is 41.0 Å². The molecule has 1 aliphatic heterocycles. The smallest absolute Gasteiger partial charge is 0.254 e. The van der Waals surface area contributed by atoms with Gasteiger partial charge in [-0.05, 0) is 36.8 Å². The van der Waals surface area contributed by atoms with E-state index in [1.54, 1.807) is 38.6 Å². The Kier molecular flexibility index (Phi) is 5.61. The molecule has 0 spiro atoms. The Balaban J connectivity index is 1.64. The Morgan fingerprint density at radius 3 is 2.67 bits per heavy atom. The first-order valence-corrected chi connectivity index (χ1v) is 9.96. The highest BCUT2D eigenvalue weighted by atomic mass is 16.5. The summed E-state index contributed by atoms with van der Waals surface area (Å²) in [7, 11) is 3.14. The van der Waals surface area contributed by atoms with Crippen LogP contribution in [-0.4, -0.2) is 46.5 Å². The van der Waals surface area contributed by atoms with E-state index in [0.717, 1.165) is 23.4 Å². The van der Waals surface area contributed by atoms with Gasteiger partial charge in [-0.25, -0.2) is 9.97 Å². The molecule has 7 heteroatoms. The van der Waals surface area contributed by atoms with Crippen LogP contribution in [0.4, 0.5) is 0 Å². The van der Waals surface area contributed by atoms with Crippen molar-refractivity contribution in [3.63, 3.8) is 0 Å². The molecule has 1 amide bonds. The number of pyridine rings is 1. The van der Waals surface area contributed by atoms with E-state index in [9.17, 15) is 4.79 Å². The molecule has 4 rings (SSSR count). The lowest BCUT2D eigenvalue weighted by Gasteiger charge is -2.36. The van der Waals surface area contributed by atoms with E-state index in [1.807, 2.05) is 29.3 Å². The van der Waals surface area contributed by atoms with Gasteiger partial charge in [0.15, 0.2) is 17.3 Å². The molecule has 1 atom stereocenters. The summed E-state index contributed by atoms with van der Waals surface area (Å²) in [5.41, 5.74) is 3.30. The van der Waals surface area contributed by atoms with Gasteiger partial charge in [0.1, 0.15) is 5.69 Å². The third-order valence-electron chi connectivity index (χ3n) is 5.40.